The van der Waals surface area contributed by atoms with E-state index in [1.165, 1.54) is 17.3 Å². The molecule has 0 spiro atoms. The smallest absolute Gasteiger partial charge is 0.156 e. The van der Waals surface area contributed by atoms with Crippen molar-refractivity contribution in [2.75, 3.05) is 12.3 Å². The molecule has 0 bridgehead atoms. The molecule has 0 aromatic carbocycles. The van der Waals surface area contributed by atoms with E-state index >= 15 is 0 Å². The monoisotopic (exact) mass is 184 g/mol. The fourth-order valence-electron chi connectivity index (χ4n) is 1.44. The molecule has 3 heteroatoms. The third-order valence-electron chi connectivity index (χ3n) is 2.59. The standard InChI is InChI=1S/C9H16N2S/c1-6-3-8(6)4-10-9-11-7(2)5-12-9/h6-8H,3-5H2,1-2H3,(H,10,11). The van der Waals surface area contributed by atoms with E-state index in [1.54, 1.807) is 0 Å². The molecule has 0 amide bonds. The zero-order chi connectivity index (χ0) is 8.55. The van der Waals surface area contributed by atoms with Crippen LogP contribution in [0.15, 0.2) is 4.99 Å². The maximum absolute atomic E-state index is 4.55. The zero-order valence-electron chi connectivity index (χ0n) is 7.71. The number of nitrogens with zero attached hydrogens (tertiary/aromatic N) is 1. The molecule has 0 aromatic rings. The third kappa shape index (κ3) is 1.94. The van der Waals surface area contributed by atoms with Gasteiger partial charge >= 0.3 is 0 Å². The van der Waals surface area contributed by atoms with Crippen molar-refractivity contribution in [3.63, 3.8) is 0 Å². The van der Waals surface area contributed by atoms with Crippen LogP contribution in [-0.2, 0) is 0 Å². The summed E-state index contributed by atoms with van der Waals surface area (Å²) in [4.78, 5) is 4.55. The summed E-state index contributed by atoms with van der Waals surface area (Å²) in [5.41, 5.74) is 0. The summed E-state index contributed by atoms with van der Waals surface area (Å²) in [6.45, 7) is 5.56. The van der Waals surface area contributed by atoms with Crippen LogP contribution >= 0.6 is 11.8 Å². The summed E-state index contributed by atoms with van der Waals surface area (Å²) >= 11 is 1.86. The lowest BCUT2D eigenvalue weighted by Crippen LogP contribution is -2.23. The maximum Gasteiger partial charge on any atom is 0.156 e. The third-order valence-corrected chi connectivity index (χ3v) is 3.77. The molecular weight excluding hydrogens is 168 g/mol. The summed E-state index contributed by atoms with van der Waals surface area (Å²) < 4.78 is 0. The molecule has 68 valence electrons. The van der Waals surface area contributed by atoms with Crippen molar-refractivity contribution in [1.29, 1.82) is 0 Å². The summed E-state index contributed by atoms with van der Waals surface area (Å²) in [7, 11) is 0. The van der Waals surface area contributed by atoms with Crippen LogP contribution in [-0.4, -0.2) is 23.5 Å². The van der Waals surface area contributed by atoms with Crippen molar-refractivity contribution in [2.45, 2.75) is 26.3 Å². The maximum atomic E-state index is 4.55. The molecule has 3 atom stereocenters. The van der Waals surface area contributed by atoms with Gasteiger partial charge in [0.1, 0.15) is 0 Å². The SMILES string of the molecule is CC1CSC(=NCC2CC2C)N1. The quantitative estimate of drug-likeness (QED) is 0.706. The van der Waals surface area contributed by atoms with Crippen LogP contribution in [0.2, 0.25) is 0 Å². The van der Waals surface area contributed by atoms with E-state index in [-0.39, 0.29) is 0 Å². The van der Waals surface area contributed by atoms with Crippen LogP contribution < -0.4 is 5.32 Å². The molecule has 0 radical (unpaired) electrons. The van der Waals surface area contributed by atoms with Crippen molar-refractivity contribution in [2.24, 2.45) is 16.8 Å². The lowest BCUT2D eigenvalue weighted by atomic mass is 10.3. The number of hydrogen-bond acceptors (Lipinski definition) is 2. The average molecular weight is 184 g/mol. The fourth-order valence-corrected chi connectivity index (χ4v) is 2.38. The largest absolute Gasteiger partial charge is 0.362 e. The molecule has 2 nitrogen and oxygen atoms in total. The van der Waals surface area contributed by atoms with Crippen LogP contribution in [0.25, 0.3) is 0 Å². The highest BCUT2D eigenvalue weighted by Crippen LogP contribution is 2.37. The molecular formula is C9H16N2S. The Hall–Kier alpha value is -0.180. The molecule has 1 aliphatic carbocycles. The Balaban J connectivity index is 1.76. The van der Waals surface area contributed by atoms with Crippen molar-refractivity contribution in [3.8, 4) is 0 Å². The van der Waals surface area contributed by atoms with Gasteiger partial charge in [-0.05, 0) is 25.2 Å². The molecule has 1 saturated heterocycles. The van der Waals surface area contributed by atoms with E-state index in [2.05, 4.69) is 24.2 Å². The molecule has 2 fully saturated rings. The van der Waals surface area contributed by atoms with Gasteiger partial charge in [0, 0.05) is 18.3 Å². The minimum Gasteiger partial charge on any atom is -0.362 e. The summed E-state index contributed by atoms with van der Waals surface area (Å²) in [6, 6.07) is 0.616. The van der Waals surface area contributed by atoms with Gasteiger partial charge in [0.15, 0.2) is 5.17 Å². The van der Waals surface area contributed by atoms with E-state index in [9.17, 15) is 0 Å². The first-order valence-corrected chi connectivity index (χ1v) is 5.68. The number of nitrogens with one attached hydrogen (secondary N) is 1. The van der Waals surface area contributed by atoms with Crippen LogP contribution in [0.4, 0.5) is 0 Å². The summed E-state index contributed by atoms with van der Waals surface area (Å²) in [5.74, 6) is 2.99. The van der Waals surface area contributed by atoms with Gasteiger partial charge in [0.25, 0.3) is 0 Å². The summed E-state index contributed by atoms with van der Waals surface area (Å²) in [5, 5.41) is 4.53. The van der Waals surface area contributed by atoms with Gasteiger partial charge in [0.2, 0.25) is 0 Å². The van der Waals surface area contributed by atoms with Gasteiger partial charge in [-0.15, -0.1) is 0 Å². The molecule has 1 aliphatic heterocycles. The Bertz CT molecular complexity index is 203. The summed E-state index contributed by atoms with van der Waals surface area (Å²) in [6.07, 6.45) is 1.39. The molecule has 2 rings (SSSR count). The lowest BCUT2D eigenvalue weighted by Gasteiger charge is -2.00. The predicted octanol–water partition coefficient (Wildman–Crippen LogP) is 1.72. The Kier molecular flexibility index (Phi) is 2.31. The van der Waals surface area contributed by atoms with E-state index in [0.29, 0.717) is 6.04 Å². The van der Waals surface area contributed by atoms with Gasteiger partial charge in [-0.1, -0.05) is 18.7 Å². The highest BCUT2D eigenvalue weighted by molar-refractivity contribution is 8.14. The van der Waals surface area contributed by atoms with E-state index < -0.39 is 0 Å². The molecule has 1 heterocycles. The number of hydrogen-bond donors (Lipinski definition) is 1. The second kappa shape index (κ2) is 3.29. The predicted molar refractivity (Wildman–Crippen MR) is 54.6 cm³/mol. The van der Waals surface area contributed by atoms with Crippen molar-refractivity contribution >= 4 is 16.9 Å². The highest BCUT2D eigenvalue weighted by Gasteiger charge is 2.32. The first kappa shape index (κ1) is 8.42. The van der Waals surface area contributed by atoms with Gasteiger partial charge in [-0.3, -0.25) is 4.99 Å². The van der Waals surface area contributed by atoms with Gasteiger partial charge in [-0.25, -0.2) is 0 Å². The normalized spacial score (nSPS) is 43.2. The molecule has 1 saturated carbocycles. The van der Waals surface area contributed by atoms with Crippen LogP contribution in [0, 0.1) is 11.8 Å². The fraction of sp³-hybridized carbons (Fsp3) is 0.889. The second-order valence-corrected chi connectivity index (χ2v) is 4.98. The second-order valence-electron chi connectivity index (χ2n) is 3.98. The van der Waals surface area contributed by atoms with Gasteiger partial charge < -0.3 is 5.32 Å². The Morgan fingerprint density at radius 2 is 2.33 bits per heavy atom. The molecule has 0 aromatic heterocycles. The van der Waals surface area contributed by atoms with E-state index in [4.69, 9.17) is 0 Å². The van der Waals surface area contributed by atoms with Crippen LogP contribution in [0.3, 0.4) is 0 Å². The number of amidine groups is 1. The molecule has 12 heavy (non-hydrogen) atoms. The Morgan fingerprint density at radius 3 is 2.83 bits per heavy atom. The Labute approximate surface area is 78.2 Å². The van der Waals surface area contributed by atoms with Gasteiger partial charge in [-0.2, -0.15) is 0 Å². The van der Waals surface area contributed by atoms with Crippen LogP contribution in [0.5, 0.6) is 0 Å². The Morgan fingerprint density at radius 1 is 1.58 bits per heavy atom. The molecule has 2 aliphatic rings. The van der Waals surface area contributed by atoms with Crippen molar-refractivity contribution < 1.29 is 0 Å². The minimum absolute atomic E-state index is 0.616. The van der Waals surface area contributed by atoms with E-state index in [1.807, 2.05) is 11.8 Å². The zero-order valence-corrected chi connectivity index (χ0v) is 8.53. The topological polar surface area (TPSA) is 24.4 Å². The highest BCUT2D eigenvalue weighted by atomic mass is 32.2. The minimum atomic E-state index is 0.616. The first-order valence-electron chi connectivity index (χ1n) is 4.69. The number of aliphatic imine (C=N–C) groups is 1. The van der Waals surface area contributed by atoms with Gasteiger partial charge in [0.05, 0.1) is 0 Å². The first-order chi connectivity index (χ1) is 5.75. The van der Waals surface area contributed by atoms with Crippen LogP contribution in [0.1, 0.15) is 20.3 Å². The number of thioether (sulfide) groups is 1. The average Bonchev–Trinajstić information content (AvgIpc) is 2.56. The number of rotatable bonds is 2. The van der Waals surface area contributed by atoms with E-state index in [0.717, 1.165) is 18.4 Å². The van der Waals surface area contributed by atoms with Crippen molar-refractivity contribution in [3.05, 3.63) is 0 Å². The molecule has 3 unspecified atom stereocenters. The molecule has 1 N–H and O–H groups in total. The lowest BCUT2D eigenvalue weighted by molar-refractivity contribution is 0.740. The van der Waals surface area contributed by atoms with Crippen molar-refractivity contribution in [1.82, 2.24) is 5.32 Å².